The Bertz CT molecular complexity index is 633. The fourth-order valence-electron chi connectivity index (χ4n) is 2.01. The average molecular weight is 254 g/mol. The van der Waals surface area contributed by atoms with Crippen LogP contribution in [0.25, 0.3) is 0 Å². The molecule has 0 aromatic heterocycles. The smallest absolute Gasteiger partial charge is 0.255 e. The van der Waals surface area contributed by atoms with Crippen LogP contribution in [0.2, 0.25) is 0 Å². The molecule has 0 atom stereocenters. The Hall–Kier alpha value is -2.29. The first-order valence-electron chi connectivity index (χ1n) is 6.23. The molecule has 19 heavy (non-hydrogen) atoms. The molecule has 0 heterocycles. The first-order valence-corrected chi connectivity index (χ1v) is 6.23. The number of aryl methyl sites for hydroxylation is 2. The lowest BCUT2D eigenvalue weighted by Crippen LogP contribution is -2.15. The van der Waals surface area contributed by atoms with Crippen LogP contribution in [0.5, 0.6) is 0 Å². The van der Waals surface area contributed by atoms with Gasteiger partial charge in [0.15, 0.2) is 0 Å². The second-order valence-electron chi connectivity index (χ2n) is 4.74. The predicted molar refractivity (Wildman–Crippen MR) is 79.5 cm³/mol. The normalized spacial score (nSPS) is 10.3. The number of nitrogens with two attached hydrogens (primary N) is 1. The Balaban J connectivity index is 2.35. The van der Waals surface area contributed by atoms with E-state index in [1.54, 1.807) is 0 Å². The van der Waals surface area contributed by atoms with Crippen molar-refractivity contribution in [2.75, 3.05) is 11.1 Å². The summed E-state index contributed by atoms with van der Waals surface area (Å²) in [5.74, 6) is -0.126. The fourth-order valence-corrected chi connectivity index (χ4v) is 2.01. The van der Waals surface area contributed by atoms with Crippen LogP contribution in [-0.4, -0.2) is 5.91 Å². The fraction of sp³-hybridized carbons (Fsp3) is 0.188. The third-order valence-electron chi connectivity index (χ3n) is 3.40. The molecule has 0 spiro atoms. The number of hydrogen-bond donors (Lipinski definition) is 2. The van der Waals surface area contributed by atoms with Crippen LogP contribution in [0, 0.1) is 20.8 Å². The van der Waals surface area contributed by atoms with E-state index in [-0.39, 0.29) is 5.91 Å². The molecular formula is C16H18N2O. The van der Waals surface area contributed by atoms with Crippen molar-refractivity contribution >= 4 is 17.3 Å². The predicted octanol–water partition coefficient (Wildman–Crippen LogP) is 3.45. The largest absolute Gasteiger partial charge is 0.397 e. The van der Waals surface area contributed by atoms with Crippen molar-refractivity contribution in [1.29, 1.82) is 0 Å². The Labute approximate surface area is 113 Å². The first kappa shape index (κ1) is 13.1. The van der Waals surface area contributed by atoms with Gasteiger partial charge in [0.2, 0.25) is 0 Å². The highest BCUT2D eigenvalue weighted by atomic mass is 16.1. The molecule has 0 saturated carbocycles. The molecule has 2 rings (SSSR count). The van der Waals surface area contributed by atoms with Crippen LogP contribution in [0.1, 0.15) is 27.0 Å². The van der Waals surface area contributed by atoms with Gasteiger partial charge in [0.05, 0.1) is 11.4 Å². The van der Waals surface area contributed by atoms with E-state index in [1.807, 2.05) is 57.2 Å². The summed E-state index contributed by atoms with van der Waals surface area (Å²) in [4.78, 5) is 12.3. The maximum atomic E-state index is 12.3. The summed E-state index contributed by atoms with van der Waals surface area (Å²) in [5.41, 5.74) is 11.0. The van der Waals surface area contributed by atoms with Crippen molar-refractivity contribution < 1.29 is 4.79 Å². The van der Waals surface area contributed by atoms with Crippen LogP contribution in [0.4, 0.5) is 11.4 Å². The number of nitrogens with one attached hydrogen (secondary N) is 1. The zero-order valence-corrected chi connectivity index (χ0v) is 11.4. The van der Waals surface area contributed by atoms with Gasteiger partial charge in [0.25, 0.3) is 5.91 Å². The van der Waals surface area contributed by atoms with Crippen LogP contribution in [-0.2, 0) is 0 Å². The second-order valence-corrected chi connectivity index (χ2v) is 4.74. The van der Waals surface area contributed by atoms with Gasteiger partial charge < -0.3 is 11.1 Å². The number of amides is 1. The van der Waals surface area contributed by atoms with Gasteiger partial charge in [-0.15, -0.1) is 0 Å². The molecule has 0 fully saturated rings. The number of anilines is 2. The van der Waals surface area contributed by atoms with Gasteiger partial charge >= 0.3 is 0 Å². The van der Waals surface area contributed by atoms with Gasteiger partial charge in [0.1, 0.15) is 0 Å². The molecule has 3 nitrogen and oxygen atoms in total. The molecule has 1 amide bonds. The number of carbonyl (C=O) groups excluding carboxylic acids is 1. The van der Waals surface area contributed by atoms with Crippen LogP contribution in [0.3, 0.4) is 0 Å². The topological polar surface area (TPSA) is 55.1 Å². The standard InChI is InChI=1S/C16H18N2O/c1-10-8-9-14(17)15(12(10)3)18-16(19)13-7-5-4-6-11(13)2/h4-9H,17H2,1-3H3,(H,18,19). The lowest BCUT2D eigenvalue weighted by Gasteiger charge is -2.14. The van der Waals surface area contributed by atoms with E-state index in [4.69, 9.17) is 5.73 Å². The molecular weight excluding hydrogens is 236 g/mol. The van der Waals surface area contributed by atoms with E-state index < -0.39 is 0 Å². The summed E-state index contributed by atoms with van der Waals surface area (Å²) in [7, 11) is 0. The van der Waals surface area contributed by atoms with E-state index in [9.17, 15) is 4.79 Å². The quantitative estimate of drug-likeness (QED) is 0.806. The molecule has 3 heteroatoms. The average Bonchev–Trinajstić information content (AvgIpc) is 2.39. The summed E-state index contributed by atoms with van der Waals surface area (Å²) >= 11 is 0. The zero-order valence-electron chi connectivity index (χ0n) is 11.4. The van der Waals surface area contributed by atoms with Crippen molar-refractivity contribution in [3.05, 3.63) is 58.7 Å². The van der Waals surface area contributed by atoms with E-state index in [0.717, 1.165) is 16.7 Å². The van der Waals surface area contributed by atoms with Gasteiger partial charge in [-0.25, -0.2) is 0 Å². The molecule has 0 aliphatic heterocycles. The van der Waals surface area contributed by atoms with E-state index in [2.05, 4.69) is 5.32 Å². The number of rotatable bonds is 2. The molecule has 2 aromatic rings. The molecule has 0 aliphatic rings. The SMILES string of the molecule is Cc1ccccc1C(=O)Nc1c(N)ccc(C)c1C. The third-order valence-corrected chi connectivity index (χ3v) is 3.40. The maximum absolute atomic E-state index is 12.3. The molecule has 0 radical (unpaired) electrons. The van der Waals surface area contributed by atoms with Crippen molar-refractivity contribution in [3.8, 4) is 0 Å². The van der Waals surface area contributed by atoms with E-state index in [0.29, 0.717) is 16.9 Å². The molecule has 0 saturated heterocycles. The molecule has 2 aromatic carbocycles. The summed E-state index contributed by atoms with van der Waals surface area (Å²) in [6.07, 6.45) is 0. The number of carbonyl (C=O) groups is 1. The van der Waals surface area contributed by atoms with Crippen molar-refractivity contribution in [3.63, 3.8) is 0 Å². The molecule has 98 valence electrons. The minimum absolute atomic E-state index is 0.126. The highest BCUT2D eigenvalue weighted by Gasteiger charge is 2.12. The maximum Gasteiger partial charge on any atom is 0.255 e. The third kappa shape index (κ3) is 2.60. The minimum Gasteiger partial charge on any atom is -0.397 e. The lowest BCUT2D eigenvalue weighted by atomic mass is 10.0. The van der Waals surface area contributed by atoms with Gasteiger partial charge in [0, 0.05) is 5.56 Å². The summed E-state index contributed by atoms with van der Waals surface area (Å²) < 4.78 is 0. The Morgan fingerprint density at radius 2 is 1.68 bits per heavy atom. The molecule has 0 aliphatic carbocycles. The minimum atomic E-state index is -0.126. The first-order chi connectivity index (χ1) is 9.00. The van der Waals surface area contributed by atoms with E-state index >= 15 is 0 Å². The number of hydrogen-bond acceptors (Lipinski definition) is 2. The Kier molecular flexibility index (Phi) is 3.56. The highest BCUT2D eigenvalue weighted by molar-refractivity contribution is 6.07. The lowest BCUT2D eigenvalue weighted by molar-refractivity contribution is 0.102. The summed E-state index contributed by atoms with van der Waals surface area (Å²) in [6, 6.07) is 11.3. The summed E-state index contributed by atoms with van der Waals surface area (Å²) in [5, 5.41) is 2.91. The van der Waals surface area contributed by atoms with Gasteiger partial charge in [-0.3, -0.25) is 4.79 Å². The second kappa shape index (κ2) is 5.14. The monoisotopic (exact) mass is 254 g/mol. The van der Waals surface area contributed by atoms with Crippen molar-refractivity contribution in [2.45, 2.75) is 20.8 Å². The molecule has 0 bridgehead atoms. The molecule has 0 unspecified atom stereocenters. The van der Waals surface area contributed by atoms with Crippen molar-refractivity contribution in [1.82, 2.24) is 0 Å². The van der Waals surface area contributed by atoms with Gasteiger partial charge in [-0.2, -0.15) is 0 Å². The van der Waals surface area contributed by atoms with Crippen LogP contribution >= 0.6 is 0 Å². The summed E-state index contributed by atoms with van der Waals surface area (Å²) in [6.45, 7) is 5.87. The van der Waals surface area contributed by atoms with Crippen molar-refractivity contribution in [2.24, 2.45) is 0 Å². The number of benzene rings is 2. The Morgan fingerprint density at radius 1 is 1.00 bits per heavy atom. The van der Waals surface area contributed by atoms with Gasteiger partial charge in [-0.05, 0) is 49.6 Å². The number of nitrogen functional groups attached to an aromatic ring is 1. The van der Waals surface area contributed by atoms with Crippen LogP contribution in [0.15, 0.2) is 36.4 Å². The zero-order chi connectivity index (χ0) is 14.0. The highest BCUT2D eigenvalue weighted by Crippen LogP contribution is 2.26. The Morgan fingerprint density at radius 3 is 2.37 bits per heavy atom. The van der Waals surface area contributed by atoms with Gasteiger partial charge in [-0.1, -0.05) is 24.3 Å². The van der Waals surface area contributed by atoms with E-state index in [1.165, 1.54) is 0 Å². The molecule has 3 N–H and O–H groups in total. The van der Waals surface area contributed by atoms with Crippen LogP contribution < -0.4 is 11.1 Å².